The molecule has 0 amide bonds. The maximum Gasteiger partial charge on any atom is 0.118 e. The molecule has 0 aliphatic carbocycles. The van der Waals surface area contributed by atoms with Gasteiger partial charge in [-0.25, -0.2) is 0 Å². The van der Waals surface area contributed by atoms with E-state index in [9.17, 15) is 0 Å². The quantitative estimate of drug-likeness (QED) is 0.710. The third-order valence-corrected chi connectivity index (χ3v) is 4.31. The summed E-state index contributed by atoms with van der Waals surface area (Å²) in [6, 6.07) is 23.7. The van der Waals surface area contributed by atoms with Crippen molar-refractivity contribution in [2.75, 3.05) is 13.7 Å². The summed E-state index contributed by atoms with van der Waals surface area (Å²) in [5, 5.41) is 6.27. The van der Waals surface area contributed by atoms with Crippen LogP contribution in [0.3, 0.4) is 0 Å². The van der Waals surface area contributed by atoms with Crippen LogP contribution in [-0.4, -0.2) is 13.7 Å². The highest BCUT2D eigenvalue weighted by Crippen LogP contribution is 2.24. The summed E-state index contributed by atoms with van der Waals surface area (Å²) < 4.78 is 5.19. The third-order valence-electron chi connectivity index (χ3n) is 4.31. The summed E-state index contributed by atoms with van der Waals surface area (Å²) in [5.74, 6) is 0.908. The van der Waals surface area contributed by atoms with Crippen LogP contribution in [0, 0.1) is 0 Å². The van der Waals surface area contributed by atoms with Gasteiger partial charge in [0.05, 0.1) is 7.11 Å². The van der Waals surface area contributed by atoms with Crippen molar-refractivity contribution in [3.05, 3.63) is 77.9 Å². The maximum absolute atomic E-state index is 5.19. The second-order valence-corrected chi connectivity index (χ2v) is 5.84. The standard InChI is InChI=1S/C21H23NO/c1-16(20-9-5-7-18-6-3-4-8-21(18)20)22-15-14-17-10-12-19(23-2)13-11-17/h3-13,16,22H,14-15H2,1-2H3. The fourth-order valence-corrected chi connectivity index (χ4v) is 2.96. The Labute approximate surface area is 138 Å². The molecule has 0 aliphatic rings. The van der Waals surface area contributed by atoms with Crippen molar-refractivity contribution in [2.45, 2.75) is 19.4 Å². The van der Waals surface area contributed by atoms with Crippen molar-refractivity contribution in [2.24, 2.45) is 0 Å². The van der Waals surface area contributed by atoms with E-state index in [0.717, 1.165) is 18.7 Å². The lowest BCUT2D eigenvalue weighted by atomic mass is 9.99. The van der Waals surface area contributed by atoms with E-state index in [1.54, 1.807) is 7.11 Å². The highest BCUT2D eigenvalue weighted by molar-refractivity contribution is 5.86. The van der Waals surface area contributed by atoms with Crippen LogP contribution in [0.15, 0.2) is 66.7 Å². The number of hydrogen-bond donors (Lipinski definition) is 1. The molecule has 3 aromatic carbocycles. The molecule has 0 fully saturated rings. The van der Waals surface area contributed by atoms with E-state index in [1.165, 1.54) is 21.9 Å². The summed E-state index contributed by atoms with van der Waals surface area (Å²) >= 11 is 0. The van der Waals surface area contributed by atoms with E-state index in [4.69, 9.17) is 4.74 Å². The van der Waals surface area contributed by atoms with Gasteiger partial charge in [-0.1, -0.05) is 54.6 Å². The van der Waals surface area contributed by atoms with Crippen LogP contribution in [0.5, 0.6) is 5.75 Å². The van der Waals surface area contributed by atoms with Gasteiger partial charge < -0.3 is 10.1 Å². The normalized spacial score (nSPS) is 12.3. The van der Waals surface area contributed by atoms with Crippen LogP contribution in [0.4, 0.5) is 0 Å². The van der Waals surface area contributed by atoms with Crippen LogP contribution in [0.25, 0.3) is 10.8 Å². The molecule has 0 aliphatic heterocycles. The first-order valence-electron chi connectivity index (χ1n) is 8.12. The zero-order chi connectivity index (χ0) is 16.1. The molecule has 1 atom stereocenters. The molecule has 0 heterocycles. The highest BCUT2D eigenvalue weighted by Gasteiger charge is 2.08. The highest BCUT2D eigenvalue weighted by atomic mass is 16.5. The Morgan fingerprint density at radius 3 is 2.43 bits per heavy atom. The van der Waals surface area contributed by atoms with Crippen molar-refractivity contribution < 1.29 is 4.74 Å². The van der Waals surface area contributed by atoms with Crippen LogP contribution < -0.4 is 10.1 Å². The van der Waals surface area contributed by atoms with Crippen LogP contribution in [-0.2, 0) is 6.42 Å². The fraction of sp³-hybridized carbons (Fsp3) is 0.238. The minimum absolute atomic E-state index is 0.333. The molecule has 2 nitrogen and oxygen atoms in total. The molecule has 0 saturated heterocycles. The number of ether oxygens (including phenoxy) is 1. The minimum atomic E-state index is 0.333. The van der Waals surface area contributed by atoms with Crippen LogP contribution in [0.2, 0.25) is 0 Å². The minimum Gasteiger partial charge on any atom is -0.497 e. The topological polar surface area (TPSA) is 21.3 Å². The van der Waals surface area contributed by atoms with Gasteiger partial charge in [-0.05, 0) is 53.9 Å². The number of benzene rings is 3. The van der Waals surface area contributed by atoms with Crippen molar-refractivity contribution in [1.82, 2.24) is 5.32 Å². The van der Waals surface area contributed by atoms with Gasteiger partial charge in [-0.2, -0.15) is 0 Å². The molecule has 1 N–H and O–H groups in total. The zero-order valence-corrected chi connectivity index (χ0v) is 13.8. The van der Waals surface area contributed by atoms with Gasteiger partial charge in [0.15, 0.2) is 0 Å². The molecule has 0 bridgehead atoms. The van der Waals surface area contributed by atoms with Crippen LogP contribution in [0.1, 0.15) is 24.1 Å². The lowest BCUT2D eigenvalue weighted by molar-refractivity contribution is 0.414. The van der Waals surface area contributed by atoms with Crippen molar-refractivity contribution in [1.29, 1.82) is 0 Å². The van der Waals surface area contributed by atoms with Crippen molar-refractivity contribution in [3.63, 3.8) is 0 Å². The monoisotopic (exact) mass is 305 g/mol. The molecular weight excluding hydrogens is 282 g/mol. The molecule has 0 radical (unpaired) electrons. The Bertz CT molecular complexity index is 759. The molecule has 0 saturated carbocycles. The van der Waals surface area contributed by atoms with E-state index in [-0.39, 0.29) is 0 Å². The number of hydrogen-bond acceptors (Lipinski definition) is 2. The van der Waals surface area contributed by atoms with Gasteiger partial charge in [-0.3, -0.25) is 0 Å². The predicted molar refractivity (Wildman–Crippen MR) is 97.1 cm³/mol. The maximum atomic E-state index is 5.19. The van der Waals surface area contributed by atoms with Gasteiger partial charge in [0.1, 0.15) is 5.75 Å². The zero-order valence-electron chi connectivity index (χ0n) is 13.8. The summed E-state index contributed by atoms with van der Waals surface area (Å²) in [7, 11) is 1.70. The van der Waals surface area contributed by atoms with Gasteiger partial charge in [0.25, 0.3) is 0 Å². The molecule has 23 heavy (non-hydrogen) atoms. The first-order chi connectivity index (χ1) is 11.3. The van der Waals surface area contributed by atoms with E-state index < -0.39 is 0 Å². The lowest BCUT2D eigenvalue weighted by Crippen LogP contribution is -2.21. The third kappa shape index (κ3) is 3.72. The van der Waals surface area contributed by atoms with E-state index in [1.807, 2.05) is 12.1 Å². The lowest BCUT2D eigenvalue weighted by Gasteiger charge is -2.16. The molecule has 0 aromatic heterocycles. The van der Waals surface area contributed by atoms with E-state index in [2.05, 4.69) is 66.8 Å². The number of rotatable bonds is 6. The van der Waals surface area contributed by atoms with Crippen molar-refractivity contribution in [3.8, 4) is 5.75 Å². The predicted octanol–water partition coefficient (Wildman–Crippen LogP) is 4.74. The second kappa shape index (κ2) is 7.30. The summed E-state index contributed by atoms with van der Waals surface area (Å²) in [6.07, 6.45) is 1.01. The Morgan fingerprint density at radius 2 is 1.65 bits per heavy atom. The largest absolute Gasteiger partial charge is 0.497 e. The summed E-state index contributed by atoms with van der Waals surface area (Å²) in [5.41, 5.74) is 2.68. The Balaban J connectivity index is 1.63. The average molecular weight is 305 g/mol. The number of fused-ring (bicyclic) bond motifs is 1. The average Bonchev–Trinajstić information content (AvgIpc) is 2.61. The van der Waals surface area contributed by atoms with Crippen LogP contribution >= 0.6 is 0 Å². The summed E-state index contributed by atoms with van der Waals surface area (Å²) in [4.78, 5) is 0. The van der Waals surface area contributed by atoms with Crippen molar-refractivity contribution >= 4 is 10.8 Å². The number of nitrogens with one attached hydrogen (secondary N) is 1. The molecule has 2 heteroatoms. The number of methoxy groups -OCH3 is 1. The molecule has 3 rings (SSSR count). The molecular formula is C21H23NO. The second-order valence-electron chi connectivity index (χ2n) is 5.84. The SMILES string of the molecule is COc1ccc(CCNC(C)c2cccc3ccccc23)cc1. The Kier molecular flexibility index (Phi) is 4.94. The molecule has 3 aromatic rings. The molecule has 1 unspecified atom stereocenters. The van der Waals surface area contributed by atoms with Gasteiger partial charge in [0.2, 0.25) is 0 Å². The summed E-state index contributed by atoms with van der Waals surface area (Å²) in [6.45, 7) is 3.19. The molecule has 118 valence electrons. The Morgan fingerprint density at radius 1 is 0.913 bits per heavy atom. The fourth-order valence-electron chi connectivity index (χ4n) is 2.96. The van der Waals surface area contributed by atoms with Gasteiger partial charge >= 0.3 is 0 Å². The van der Waals surface area contributed by atoms with Gasteiger partial charge in [0, 0.05) is 6.04 Å². The first-order valence-corrected chi connectivity index (χ1v) is 8.12. The van der Waals surface area contributed by atoms with Gasteiger partial charge in [-0.15, -0.1) is 0 Å². The first kappa shape index (κ1) is 15.6. The van der Waals surface area contributed by atoms with E-state index >= 15 is 0 Å². The smallest absolute Gasteiger partial charge is 0.118 e. The van der Waals surface area contributed by atoms with E-state index in [0.29, 0.717) is 6.04 Å². The Hall–Kier alpha value is -2.32. The molecule has 0 spiro atoms.